The third-order valence-corrected chi connectivity index (χ3v) is 2.45. The molecule has 0 bridgehead atoms. The number of halogens is 1. The molecule has 0 saturated heterocycles. The Bertz CT molecular complexity index is 70.7. The molecule has 9 heavy (non-hydrogen) atoms. The molecule has 0 unspecified atom stereocenters. The highest BCUT2D eigenvalue weighted by Gasteiger charge is 2.12. The van der Waals surface area contributed by atoms with Gasteiger partial charge < -0.3 is 4.43 Å². The van der Waals surface area contributed by atoms with Crippen molar-refractivity contribution in [2.75, 3.05) is 0 Å². The third-order valence-electron chi connectivity index (χ3n) is 1.76. The van der Waals surface area contributed by atoms with Crippen molar-refractivity contribution in [3.05, 3.63) is 0 Å². The Kier molecular flexibility index (Phi) is 3.63. The smallest absolute Gasteiger partial charge is 0.356 e. The molecular formula is C6H11ClOSi. The van der Waals surface area contributed by atoms with Crippen LogP contribution in [0.1, 0.15) is 32.1 Å². The maximum atomic E-state index is 5.44. The average molecular weight is 163 g/mol. The van der Waals surface area contributed by atoms with Gasteiger partial charge in [-0.3, -0.25) is 0 Å². The lowest BCUT2D eigenvalue weighted by molar-refractivity contribution is 0.167. The van der Waals surface area contributed by atoms with Crippen LogP contribution >= 0.6 is 11.1 Å². The highest BCUT2D eigenvalue weighted by Crippen LogP contribution is 2.19. The lowest BCUT2D eigenvalue weighted by Gasteiger charge is -2.20. The Morgan fingerprint density at radius 2 is 1.89 bits per heavy atom. The second-order valence-corrected chi connectivity index (χ2v) is 3.31. The Hall–Kier alpha value is 0.467. The molecule has 2 radical (unpaired) electrons. The van der Waals surface area contributed by atoms with Crippen molar-refractivity contribution in [1.29, 1.82) is 0 Å². The van der Waals surface area contributed by atoms with Gasteiger partial charge in [-0.1, -0.05) is 19.3 Å². The predicted molar refractivity (Wildman–Crippen MR) is 39.6 cm³/mol. The lowest BCUT2D eigenvalue weighted by Crippen LogP contribution is -2.16. The molecule has 1 aliphatic carbocycles. The van der Waals surface area contributed by atoms with E-state index in [1.54, 1.807) is 0 Å². The largest absolute Gasteiger partial charge is 0.400 e. The van der Waals surface area contributed by atoms with E-state index in [0.29, 0.717) is 6.10 Å². The van der Waals surface area contributed by atoms with Crippen LogP contribution in [0.5, 0.6) is 0 Å². The first kappa shape index (κ1) is 7.57. The summed E-state index contributed by atoms with van der Waals surface area (Å²) >= 11 is 5.44. The van der Waals surface area contributed by atoms with E-state index >= 15 is 0 Å². The molecule has 1 fully saturated rings. The first-order valence-electron chi connectivity index (χ1n) is 3.45. The first-order chi connectivity index (χ1) is 4.43. The fourth-order valence-electron chi connectivity index (χ4n) is 1.25. The fourth-order valence-corrected chi connectivity index (χ4v) is 1.99. The summed E-state index contributed by atoms with van der Waals surface area (Å²) in [4.78, 5) is 0. The molecule has 0 heterocycles. The van der Waals surface area contributed by atoms with E-state index < -0.39 is 0 Å². The fraction of sp³-hybridized carbons (Fsp3) is 1.00. The van der Waals surface area contributed by atoms with Gasteiger partial charge in [-0.15, -0.1) is 11.1 Å². The molecule has 0 atom stereocenters. The minimum absolute atomic E-state index is 0.161. The molecule has 0 N–H and O–H groups in total. The third kappa shape index (κ3) is 2.69. The van der Waals surface area contributed by atoms with Gasteiger partial charge in [0.2, 0.25) is 0 Å². The van der Waals surface area contributed by atoms with Crippen LogP contribution in [0.25, 0.3) is 0 Å². The Balaban J connectivity index is 2.08. The molecule has 0 aromatic heterocycles. The number of hydrogen-bond donors (Lipinski definition) is 0. The summed E-state index contributed by atoms with van der Waals surface area (Å²) in [5.41, 5.74) is 0. The van der Waals surface area contributed by atoms with Crippen molar-refractivity contribution >= 4 is 20.2 Å². The topological polar surface area (TPSA) is 9.23 Å². The highest BCUT2D eigenvalue weighted by atomic mass is 35.6. The van der Waals surface area contributed by atoms with Gasteiger partial charge in [0.05, 0.1) is 0 Å². The zero-order valence-electron chi connectivity index (χ0n) is 5.40. The molecule has 1 aliphatic rings. The van der Waals surface area contributed by atoms with Crippen molar-refractivity contribution in [1.82, 2.24) is 0 Å². The van der Waals surface area contributed by atoms with Gasteiger partial charge in [0.25, 0.3) is 0 Å². The van der Waals surface area contributed by atoms with Crippen LogP contribution in [0.2, 0.25) is 0 Å². The van der Waals surface area contributed by atoms with Crippen LogP contribution in [-0.4, -0.2) is 15.2 Å². The zero-order chi connectivity index (χ0) is 6.53. The molecular weight excluding hydrogens is 152 g/mol. The molecule has 1 rings (SSSR count). The minimum Gasteiger partial charge on any atom is -0.400 e. The van der Waals surface area contributed by atoms with E-state index in [9.17, 15) is 0 Å². The van der Waals surface area contributed by atoms with Gasteiger partial charge in [0.15, 0.2) is 0 Å². The van der Waals surface area contributed by atoms with E-state index in [0.717, 1.165) is 0 Å². The Morgan fingerprint density at radius 1 is 1.22 bits per heavy atom. The summed E-state index contributed by atoms with van der Waals surface area (Å²) in [5.74, 6) is 0. The second-order valence-electron chi connectivity index (χ2n) is 2.46. The number of hydrogen-bond acceptors (Lipinski definition) is 1. The van der Waals surface area contributed by atoms with E-state index in [-0.39, 0.29) is 9.07 Å². The van der Waals surface area contributed by atoms with Gasteiger partial charge in [-0.25, -0.2) is 0 Å². The normalized spacial score (nSPS) is 22.3. The SMILES string of the molecule is Cl[Si]OC1CCCCC1. The number of rotatable bonds is 2. The molecule has 1 saturated carbocycles. The van der Waals surface area contributed by atoms with Crippen LogP contribution < -0.4 is 0 Å². The Morgan fingerprint density at radius 3 is 2.44 bits per heavy atom. The molecule has 52 valence electrons. The van der Waals surface area contributed by atoms with Gasteiger partial charge in [0, 0.05) is 6.10 Å². The van der Waals surface area contributed by atoms with Gasteiger partial charge in [-0.2, -0.15) is 0 Å². The highest BCUT2D eigenvalue weighted by molar-refractivity contribution is 6.89. The zero-order valence-corrected chi connectivity index (χ0v) is 7.16. The van der Waals surface area contributed by atoms with Crippen molar-refractivity contribution in [2.45, 2.75) is 38.2 Å². The van der Waals surface area contributed by atoms with E-state index in [4.69, 9.17) is 15.5 Å². The molecule has 0 aromatic rings. The maximum Gasteiger partial charge on any atom is 0.356 e. The second kappa shape index (κ2) is 4.31. The molecule has 3 heteroatoms. The molecule has 0 aliphatic heterocycles. The monoisotopic (exact) mass is 162 g/mol. The summed E-state index contributed by atoms with van der Waals surface area (Å²) in [5, 5.41) is 0. The molecule has 0 aromatic carbocycles. The molecule has 0 amide bonds. The van der Waals surface area contributed by atoms with Crippen LogP contribution in [0.3, 0.4) is 0 Å². The molecule has 0 spiro atoms. The van der Waals surface area contributed by atoms with Crippen LogP contribution in [0.15, 0.2) is 0 Å². The van der Waals surface area contributed by atoms with Gasteiger partial charge >= 0.3 is 9.07 Å². The summed E-state index contributed by atoms with van der Waals surface area (Å²) in [6.45, 7) is 0. The van der Waals surface area contributed by atoms with Crippen molar-refractivity contribution in [3.8, 4) is 0 Å². The minimum atomic E-state index is 0.161. The lowest BCUT2D eigenvalue weighted by atomic mass is 9.98. The Labute approximate surface area is 63.4 Å². The van der Waals surface area contributed by atoms with Crippen LogP contribution in [0, 0.1) is 0 Å². The van der Waals surface area contributed by atoms with Crippen molar-refractivity contribution in [2.24, 2.45) is 0 Å². The van der Waals surface area contributed by atoms with Gasteiger partial charge in [0.1, 0.15) is 0 Å². The summed E-state index contributed by atoms with van der Waals surface area (Å²) in [6.07, 6.45) is 6.96. The quantitative estimate of drug-likeness (QED) is 0.447. The van der Waals surface area contributed by atoms with Crippen molar-refractivity contribution in [3.63, 3.8) is 0 Å². The summed E-state index contributed by atoms with van der Waals surface area (Å²) in [7, 11) is 0.161. The van der Waals surface area contributed by atoms with E-state index in [1.165, 1.54) is 32.1 Å². The maximum absolute atomic E-state index is 5.44. The standard InChI is InChI=1S/C6H11ClOSi/c7-9-8-6-4-2-1-3-5-6/h6H,1-5H2. The summed E-state index contributed by atoms with van der Waals surface area (Å²) < 4.78 is 5.28. The summed E-state index contributed by atoms with van der Waals surface area (Å²) in [6, 6.07) is 0. The molecule has 1 nitrogen and oxygen atoms in total. The predicted octanol–water partition coefficient (Wildman–Crippen LogP) is 2.11. The van der Waals surface area contributed by atoms with Crippen molar-refractivity contribution < 1.29 is 4.43 Å². The van der Waals surface area contributed by atoms with E-state index in [2.05, 4.69) is 0 Å². The van der Waals surface area contributed by atoms with Crippen LogP contribution in [-0.2, 0) is 4.43 Å². The first-order valence-corrected chi connectivity index (χ1v) is 5.37. The van der Waals surface area contributed by atoms with Gasteiger partial charge in [-0.05, 0) is 12.8 Å². The van der Waals surface area contributed by atoms with E-state index in [1.807, 2.05) is 0 Å². The van der Waals surface area contributed by atoms with Crippen LogP contribution in [0.4, 0.5) is 0 Å². The average Bonchev–Trinajstić information content (AvgIpc) is 1.91.